The van der Waals surface area contributed by atoms with Crippen LogP contribution in [0.3, 0.4) is 0 Å². The number of hydrogen-bond acceptors (Lipinski definition) is 2. The predicted molar refractivity (Wildman–Crippen MR) is 122 cm³/mol. The summed E-state index contributed by atoms with van der Waals surface area (Å²) in [7, 11) is -1.68. The zero-order valence-electron chi connectivity index (χ0n) is 20.4. The molecule has 0 bridgehead atoms. The van der Waals surface area contributed by atoms with Gasteiger partial charge >= 0.3 is 7.12 Å². The van der Waals surface area contributed by atoms with Crippen molar-refractivity contribution in [2.45, 2.75) is 0 Å². The summed E-state index contributed by atoms with van der Waals surface area (Å²) >= 11 is 0. The highest BCUT2D eigenvalue weighted by molar-refractivity contribution is 6.66. The van der Waals surface area contributed by atoms with Crippen LogP contribution >= 0.6 is 0 Å². The lowest BCUT2D eigenvalue weighted by molar-refractivity contribution is 0.426. The maximum atomic E-state index is 10.2. The molecule has 0 fully saturated rings. The fourth-order valence-corrected chi connectivity index (χ4v) is 4.03. The van der Waals surface area contributed by atoms with Crippen LogP contribution in [0.5, 0.6) is 0 Å². The average Bonchev–Trinajstić information content (AvgIpc) is 2.85. The second kappa shape index (κ2) is 7.21. The molecule has 0 heterocycles. The Morgan fingerprint density at radius 1 is 0.586 bits per heavy atom. The van der Waals surface area contributed by atoms with Crippen molar-refractivity contribution in [3.63, 3.8) is 0 Å². The normalized spacial score (nSPS) is 13.5. The molecule has 0 amide bonds. The molecule has 5 aromatic carbocycles. The maximum absolute atomic E-state index is 10.2. The Balaban J connectivity index is 1.98. The van der Waals surface area contributed by atoms with E-state index in [1.807, 2.05) is 60.7 Å². The second-order valence-electron chi connectivity index (χ2n) is 6.80. The zero-order valence-corrected chi connectivity index (χ0v) is 15.4. The van der Waals surface area contributed by atoms with Crippen molar-refractivity contribution < 1.29 is 16.9 Å². The van der Waals surface area contributed by atoms with Crippen LogP contribution in [0.1, 0.15) is 6.85 Å². The number of fused-ring (bicyclic) bond motifs is 2. The summed E-state index contributed by atoms with van der Waals surface area (Å²) in [6.45, 7) is 0. The molecule has 0 aliphatic carbocycles. The third kappa shape index (κ3) is 2.92. The molecule has 138 valence electrons. The molecule has 0 aromatic heterocycles. The molecule has 5 rings (SSSR count). The summed E-state index contributed by atoms with van der Waals surface area (Å²) in [6, 6.07) is 20.3. The molecule has 0 spiro atoms. The molecule has 0 unspecified atom stereocenters. The highest BCUT2D eigenvalue weighted by atomic mass is 16.4. The lowest BCUT2D eigenvalue weighted by Crippen LogP contribution is -2.31. The van der Waals surface area contributed by atoms with Gasteiger partial charge in [0, 0.05) is 0 Å². The van der Waals surface area contributed by atoms with E-state index in [0.29, 0.717) is 27.4 Å². The van der Waals surface area contributed by atoms with Crippen LogP contribution in [0.25, 0.3) is 43.8 Å². The van der Waals surface area contributed by atoms with Crippen LogP contribution in [0, 0.1) is 0 Å². The van der Waals surface area contributed by atoms with E-state index in [1.54, 1.807) is 12.1 Å². The topological polar surface area (TPSA) is 40.5 Å². The molecule has 0 aliphatic rings. The van der Waals surface area contributed by atoms with Crippen LogP contribution in [-0.4, -0.2) is 17.2 Å². The first-order valence-corrected chi connectivity index (χ1v) is 9.29. The highest BCUT2D eigenvalue weighted by Crippen LogP contribution is 2.40. The van der Waals surface area contributed by atoms with Crippen molar-refractivity contribution in [3.05, 3.63) is 103 Å². The molecule has 0 aliphatic heterocycles. The van der Waals surface area contributed by atoms with E-state index in [4.69, 9.17) is 6.85 Å². The van der Waals surface area contributed by atoms with Crippen LogP contribution in [0.4, 0.5) is 0 Å². The first kappa shape index (κ1) is 12.9. The lowest BCUT2D eigenvalue weighted by atomic mass is 9.72. The smallest absolute Gasteiger partial charge is 0.423 e. The van der Waals surface area contributed by atoms with Gasteiger partial charge in [-0.1, -0.05) is 103 Å². The molecule has 2 nitrogen and oxygen atoms in total. The van der Waals surface area contributed by atoms with E-state index in [9.17, 15) is 10.0 Å². The van der Waals surface area contributed by atoms with Gasteiger partial charge in [-0.15, -0.1) is 0 Å². The monoisotopic (exact) mass is 379 g/mol. The molecule has 3 heteroatoms. The first-order valence-electron chi connectivity index (χ1n) is 11.8. The van der Waals surface area contributed by atoms with Crippen molar-refractivity contribution in [1.82, 2.24) is 0 Å². The van der Waals surface area contributed by atoms with E-state index in [-0.39, 0.29) is 29.7 Å². The Hall–Kier alpha value is -3.40. The Kier molecular flexibility index (Phi) is 3.22. The van der Waals surface area contributed by atoms with Crippen molar-refractivity contribution in [2.75, 3.05) is 0 Å². The molecular formula is C26H19BO2. The van der Waals surface area contributed by atoms with Crippen LogP contribution in [0.15, 0.2) is 103 Å². The predicted octanol–water partition coefficient (Wildman–Crippen LogP) is 5.01. The second-order valence-corrected chi connectivity index (χ2v) is 6.80. The summed E-state index contributed by atoms with van der Waals surface area (Å²) in [6.07, 6.45) is 0. The van der Waals surface area contributed by atoms with Crippen molar-refractivity contribution in [3.8, 4) is 22.3 Å². The summed E-state index contributed by atoms with van der Waals surface area (Å²) in [5.41, 5.74) is 2.51. The van der Waals surface area contributed by atoms with Crippen molar-refractivity contribution in [2.24, 2.45) is 0 Å². The van der Waals surface area contributed by atoms with Gasteiger partial charge < -0.3 is 10.0 Å². The zero-order chi connectivity index (χ0) is 24.1. The van der Waals surface area contributed by atoms with Crippen LogP contribution in [-0.2, 0) is 0 Å². The van der Waals surface area contributed by atoms with E-state index in [2.05, 4.69) is 0 Å². The minimum absolute atomic E-state index is 0.126. The van der Waals surface area contributed by atoms with Gasteiger partial charge in [0.05, 0.1) is 6.85 Å². The van der Waals surface area contributed by atoms with E-state index < -0.39 is 13.2 Å². The van der Waals surface area contributed by atoms with Gasteiger partial charge in [-0.25, -0.2) is 0 Å². The summed E-state index contributed by atoms with van der Waals surface area (Å²) < 4.78 is 41.2. The molecule has 29 heavy (non-hydrogen) atoms. The highest BCUT2D eigenvalue weighted by Gasteiger charge is 2.23. The minimum atomic E-state index is -1.68. The third-order valence-corrected chi connectivity index (χ3v) is 5.20. The van der Waals surface area contributed by atoms with Crippen molar-refractivity contribution >= 4 is 34.1 Å². The Bertz CT molecular complexity index is 1510. The fraction of sp³-hybridized carbons (Fsp3) is 0. The Labute approximate surface area is 176 Å². The summed E-state index contributed by atoms with van der Waals surface area (Å²) in [5.74, 6) is 0. The third-order valence-electron chi connectivity index (χ3n) is 5.20. The number of rotatable bonds is 3. The molecule has 0 atom stereocenters. The maximum Gasteiger partial charge on any atom is 0.489 e. The largest absolute Gasteiger partial charge is 0.489 e. The van der Waals surface area contributed by atoms with Gasteiger partial charge in [0.1, 0.15) is 0 Å². The van der Waals surface area contributed by atoms with Crippen LogP contribution in [0.2, 0.25) is 0 Å². The van der Waals surface area contributed by atoms with E-state index in [1.165, 1.54) is 0 Å². The minimum Gasteiger partial charge on any atom is -0.423 e. The quantitative estimate of drug-likeness (QED) is 0.342. The fourth-order valence-electron chi connectivity index (χ4n) is 4.03. The standard InChI is InChI=1S/C26H19BO2/c28-27(29)26-23-16-8-6-14-21(23)25(22-15-7-9-17-24(22)26)20-13-5-4-12-19(20)18-10-2-1-3-11-18/h1-17,28-29H/i1D,2D,3D,10D,11D. The number of hydrogen-bond donors (Lipinski definition) is 2. The molecule has 0 radical (unpaired) electrons. The first-order chi connectivity index (χ1) is 16.3. The number of benzene rings is 5. The summed E-state index contributed by atoms with van der Waals surface area (Å²) in [4.78, 5) is 0. The van der Waals surface area contributed by atoms with Gasteiger partial charge in [-0.3, -0.25) is 0 Å². The molecule has 5 aromatic rings. The summed E-state index contributed by atoms with van der Waals surface area (Å²) in [5, 5.41) is 23.3. The lowest BCUT2D eigenvalue weighted by Gasteiger charge is -2.19. The Morgan fingerprint density at radius 3 is 1.62 bits per heavy atom. The van der Waals surface area contributed by atoms with E-state index >= 15 is 0 Å². The van der Waals surface area contributed by atoms with Gasteiger partial charge in [0.2, 0.25) is 0 Å². The van der Waals surface area contributed by atoms with Gasteiger partial charge in [-0.05, 0) is 49.3 Å². The van der Waals surface area contributed by atoms with E-state index in [0.717, 1.165) is 16.3 Å². The molecular weight excluding hydrogens is 355 g/mol. The van der Waals surface area contributed by atoms with Gasteiger partial charge in [0.15, 0.2) is 0 Å². The molecule has 0 saturated carbocycles. The van der Waals surface area contributed by atoms with Gasteiger partial charge in [0.25, 0.3) is 0 Å². The average molecular weight is 379 g/mol. The van der Waals surface area contributed by atoms with Crippen LogP contribution < -0.4 is 5.46 Å². The Morgan fingerprint density at radius 2 is 1.07 bits per heavy atom. The van der Waals surface area contributed by atoms with Gasteiger partial charge in [-0.2, -0.15) is 0 Å². The molecule has 2 N–H and O–H groups in total. The van der Waals surface area contributed by atoms with Crippen molar-refractivity contribution in [1.29, 1.82) is 0 Å². The molecule has 0 saturated heterocycles. The SMILES string of the molecule is [2H]c1c([2H])c([2H])c(-c2ccccc2-c2c3ccccc3c(B(O)O)c3ccccc23)c([2H])c1[2H].